The molecule has 0 aliphatic rings. The molecule has 0 spiro atoms. The predicted molar refractivity (Wildman–Crippen MR) is 68.2 cm³/mol. The highest BCUT2D eigenvalue weighted by atomic mass is 16.5. The lowest BCUT2D eigenvalue weighted by Gasteiger charge is -2.20. The van der Waals surface area contributed by atoms with Crippen molar-refractivity contribution in [3.8, 4) is 12.1 Å². The lowest BCUT2D eigenvalue weighted by atomic mass is 10.0. The molecule has 0 aliphatic heterocycles. The van der Waals surface area contributed by atoms with Crippen molar-refractivity contribution in [3.63, 3.8) is 0 Å². The van der Waals surface area contributed by atoms with Crippen molar-refractivity contribution >= 4 is 5.82 Å². The molecule has 0 radical (unpaired) electrons. The van der Waals surface area contributed by atoms with Gasteiger partial charge >= 0.3 is 0 Å². The molecule has 1 heterocycles. The summed E-state index contributed by atoms with van der Waals surface area (Å²) in [6.45, 7) is 3.13. The molecule has 0 unspecified atom stereocenters. The zero-order valence-corrected chi connectivity index (χ0v) is 10.9. The molecule has 0 saturated heterocycles. The van der Waals surface area contributed by atoms with Crippen LogP contribution in [-0.2, 0) is 11.2 Å². The molecule has 0 fully saturated rings. The van der Waals surface area contributed by atoms with E-state index in [0.29, 0.717) is 36.5 Å². The van der Waals surface area contributed by atoms with Crippen LogP contribution in [0, 0.1) is 22.7 Å². The van der Waals surface area contributed by atoms with E-state index in [0.717, 1.165) is 5.56 Å². The Morgan fingerprint density at radius 2 is 2.11 bits per heavy atom. The molecule has 1 aromatic heterocycles. The third kappa shape index (κ3) is 2.77. The van der Waals surface area contributed by atoms with E-state index in [1.54, 1.807) is 7.11 Å². The number of hydrogen-bond acceptors (Lipinski definition) is 5. The van der Waals surface area contributed by atoms with Crippen LogP contribution >= 0.6 is 0 Å². The van der Waals surface area contributed by atoms with E-state index in [1.807, 2.05) is 18.9 Å². The maximum absolute atomic E-state index is 9.27. The molecule has 5 nitrogen and oxygen atoms in total. The lowest BCUT2D eigenvalue weighted by Crippen LogP contribution is -2.24. The molecular formula is C13H16N4O. The zero-order chi connectivity index (χ0) is 13.5. The van der Waals surface area contributed by atoms with E-state index >= 15 is 0 Å². The normalized spacial score (nSPS) is 9.61. The van der Waals surface area contributed by atoms with Crippen molar-refractivity contribution in [2.45, 2.75) is 13.3 Å². The third-order valence-electron chi connectivity index (χ3n) is 2.74. The molecule has 0 bridgehead atoms. The second-order valence-electron chi connectivity index (χ2n) is 3.84. The first-order valence-electron chi connectivity index (χ1n) is 5.71. The summed E-state index contributed by atoms with van der Waals surface area (Å²) in [7, 11) is 3.48. The van der Waals surface area contributed by atoms with Gasteiger partial charge in [0.2, 0.25) is 0 Å². The Balaban J connectivity index is 3.22. The van der Waals surface area contributed by atoms with Crippen molar-refractivity contribution in [2.24, 2.45) is 0 Å². The second-order valence-corrected chi connectivity index (χ2v) is 3.84. The average Bonchev–Trinajstić information content (AvgIpc) is 2.42. The number of ether oxygens (including phenoxy) is 1. The van der Waals surface area contributed by atoms with Crippen molar-refractivity contribution in [2.75, 3.05) is 32.2 Å². The summed E-state index contributed by atoms with van der Waals surface area (Å²) in [6.07, 6.45) is 2.16. The number of methoxy groups -OCH3 is 1. The molecule has 1 aromatic rings. The first-order chi connectivity index (χ1) is 8.69. The largest absolute Gasteiger partial charge is 0.383 e. The molecule has 0 saturated carbocycles. The maximum Gasteiger partial charge on any atom is 0.146 e. The highest BCUT2D eigenvalue weighted by Crippen LogP contribution is 2.23. The van der Waals surface area contributed by atoms with E-state index < -0.39 is 0 Å². The average molecular weight is 244 g/mol. The molecular weight excluding hydrogens is 228 g/mol. The standard InChI is InChI=1S/C13H16N4O/c1-4-11-10(7-14)9-16-13(12(11)8-15)17(2)5-6-18-3/h9H,4-6H2,1-3H3. The molecule has 0 atom stereocenters. The Bertz CT molecular complexity index is 499. The van der Waals surface area contributed by atoms with Crippen molar-refractivity contribution < 1.29 is 4.74 Å². The zero-order valence-electron chi connectivity index (χ0n) is 10.9. The number of nitrogens with zero attached hydrogens (tertiary/aromatic N) is 4. The highest BCUT2D eigenvalue weighted by Gasteiger charge is 2.16. The number of likely N-dealkylation sites (N-methyl/N-ethyl adjacent to an activating group) is 1. The number of aromatic nitrogens is 1. The number of pyridine rings is 1. The van der Waals surface area contributed by atoms with Crippen LogP contribution in [0.15, 0.2) is 6.20 Å². The minimum atomic E-state index is 0.470. The fraction of sp³-hybridized carbons (Fsp3) is 0.462. The quantitative estimate of drug-likeness (QED) is 0.784. The summed E-state index contributed by atoms with van der Waals surface area (Å²) in [5.41, 5.74) is 1.71. The van der Waals surface area contributed by atoms with E-state index in [2.05, 4.69) is 17.1 Å². The Kier molecular flexibility index (Phi) is 5.10. The fourth-order valence-electron chi connectivity index (χ4n) is 1.74. The number of hydrogen-bond donors (Lipinski definition) is 0. The van der Waals surface area contributed by atoms with Crippen LogP contribution < -0.4 is 4.90 Å². The molecule has 18 heavy (non-hydrogen) atoms. The van der Waals surface area contributed by atoms with Gasteiger partial charge in [0.1, 0.15) is 18.0 Å². The second kappa shape index (κ2) is 6.58. The van der Waals surface area contributed by atoms with E-state index in [9.17, 15) is 5.26 Å². The monoisotopic (exact) mass is 244 g/mol. The predicted octanol–water partition coefficient (Wildman–Crippen LogP) is 1.47. The molecule has 5 heteroatoms. The summed E-state index contributed by atoms with van der Waals surface area (Å²) in [5.74, 6) is 0.602. The summed E-state index contributed by atoms with van der Waals surface area (Å²) in [5, 5.41) is 18.3. The number of nitriles is 2. The van der Waals surface area contributed by atoms with Crippen LogP contribution in [0.1, 0.15) is 23.6 Å². The van der Waals surface area contributed by atoms with Gasteiger partial charge in [-0.2, -0.15) is 10.5 Å². The Labute approximate surface area is 107 Å². The summed E-state index contributed by atoms with van der Waals surface area (Å²) >= 11 is 0. The van der Waals surface area contributed by atoms with Gasteiger partial charge in [-0.25, -0.2) is 4.98 Å². The minimum Gasteiger partial charge on any atom is -0.383 e. The molecule has 94 valence electrons. The van der Waals surface area contributed by atoms with Crippen molar-refractivity contribution in [1.29, 1.82) is 10.5 Å². The molecule has 0 aliphatic carbocycles. The van der Waals surface area contributed by atoms with Crippen molar-refractivity contribution in [1.82, 2.24) is 4.98 Å². The van der Waals surface area contributed by atoms with Gasteiger partial charge in [-0.15, -0.1) is 0 Å². The summed E-state index contributed by atoms with van der Waals surface area (Å²) in [6, 6.07) is 4.22. The van der Waals surface area contributed by atoms with Gasteiger partial charge in [-0.05, 0) is 12.0 Å². The smallest absolute Gasteiger partial charge is 0.146 e. The third-order valence-corrected chi connectivity index (χ3v) is 2.74. The van der Waals surface area contributed by atoms with Gasteiger partial charge in [0.05, 0.1) is 17.7 Å². The Hall–Kier alpha value is -2.11. The minimum absolute atomic E-state index is 0.470. The van der Waals surface area contributed by atoms with Crippen LogP contribution in [0.25, 0.3) is 0 Å². The van der Waals surface area contributed by atoms with E-state index in [-0.39, 0.29) is 0 Å². The van der Waals surface area contributed by atoms with E-state index in [1.165, 1.54) is 6.20 Å². The Morgan fingerprint density at radius 1 is 1.39 bits per heavy atom. The molecule has 0 aromatic carbocycles. The summed E-state index contributed by atoms with van der Waals surface area (Å²) < 4.78 is 5.00. The molecule has 0 N–H and O–H groups in total. The maximum atomic E-state index is 9.27. The van der Waals surface area contributed by atoms with Crippen LogP contribution in [0.5, 0.6) is 0 Å². The topological polar surface area (TPSA) is 72.9 Å². The van der Waals surface area contributed by atoms with Gasteiger partial charge in [0.15, 0.2) is 0 Å². The van der Waals surface area contributed by atoms with Gasteiger partial charge in [-0.3, -0.25) is 0 Å². The van der Waals surface area contributed by atoms with Gasteiger partial charge < -0.3 is 9.64 Å². The fourth-order valence-corrected chi connectivity index (χ4v) is 1.74. The van der Waals surface area contributed by atoms with Gasteiger partial charge in [0.25, 0.3) is 0 Å². The van der Waals surface area contributed by atoms with E-state index in [4.69, 9.17) is 10.00 Å². The lowest BCUT2D eigenvalue weighted by molar-refractivity contribution is 0.206. The van der Waals surface area contributed by atoms with Crippen LogP contribution in [0.3, 0.4) is 0 Å². The first-order valence-corrected chi connectivity index (χ1v) is 5.71. The van der Waals surface area contributed by atoms with Crippen LogP contribution in [0.4, 0.5) is 5.82 Å². The van der Waals surface area contributed by atoms with Crippen molar-refractivity contribution in [3.05, 3.63) is 22.9 Å². The SMILES string of the molecule is CCc1c(C#N)cnc(N(C)CCOC)c1C#N. The van der Waals surface area contributed by atoms with Gasteiger partial charge in [-0.1, -0.05) is 6.92 Å². The number of anilines is 1. The van der Waals surface area contributed by atoms with Crippen LogP contribution in [-0.4, -0.2) is 32.3 Å². The highest BCUT2D eigenvalue weighted by molar-refractivity contribution is 5.61. The molecule has 0 amide bonds. The van der Waals surface area contributed by atoms with Crippen LogP contribution in [0.2, 0.25) is 0 Å². The number of rotatable bonds is 5. The first kappa shape index (κ1) is 14.0. The molecule has 1 rings (SSSR count). The summed E-state index contributed by atoms with van der Waals surface area (Å²) in [4.78, 5) is 6.07. The Morgan fingerprint density at radius 3 is 2.61 bits per heavy atom. The van der Waals surface area contributed by atoms with Gasteiger partial charge in [0, 0.05) is 26.9 Å².